The molecule has 1 saturated heterocycles. The van der Waals surface area contributed by atoms with E-state index in [9.17, 15) is 13.6 Å². The van der Waals surface area contributed by atoms with Crippen molar-refractivity contribution in [2.24, 2.45) is 0 Å². The summed E-state index contributed by atoms with van der Waals surface area (Å²) in [5, 5.41) is 3.49. The van der Waals surface area contributed by atoms with Crippen LogP contribution in [0.2, 0.25) is 0 Å². The number of likely N-dealkylation sites (tertiary alicyclic amines) is 1. The molecule has 1 aliphatic rings. The van der Waals surface area contributed by atoms with Gasteiger partial charge >= 0.3 is 0 Å². The molecule has 30 heavy (non-hydrogen) atoms. The zero-order chi connectivity index (χ0) is 21.3. The summed E-state index contributed by atoms with van der Waals surface area (Å²) < 4.78 is 32.9. The Kier molecular flexibility index (Phi) is 5.67. The average molecular weight is 414 g/mol. The maximum atomic E-state index is 13.9. The predicted molar refractivity (Wildman–Crippen MR) is 110 cm³/mol. The number of H-pyrrole nitrogens is 1. The van der Waals surface area contributed by atoms with Gasteiger partial charge in [0.1, 0.15) is 11.4 Å². The van der Waals surface area contributed by atoms with Crippen LogP contribution in [0.25, 0.3) is 22.2 Å². The number of piperidine rings is 1. The van der Waals surface area contributed by atoms with Crippen LogP contribution in [-0.2, 0) is 4.79 Å². The summed E-state index contributed by atoms with van der Waals surface area (Å²) in [7, 11) is 3.08. The number of hydrogen-bond acceptors (Lipinski definition) is 4. The van der Waals surface area contributed by atoms with Gasteiger partial charge in [-0.05, 0) is 49.7 Å². The number of carbonyl (C=O) groups excluding carboxylic acids is 1. The SMILES string of the molecule is CNC(=O)CN1CCC(c2cc3c(-c4cc(F)c(F)cc4OC)ccnc3[nH]2)CC1. The molecule has 0 aliphatic carbocycles. The lowest BCUT2D eigenvalue weighted by Crippen LogP contribution is -2.40. The first-order chi connectivity index (χ1) is 14.5. The van der Waals surface area contributed by atoms with Crippen molar-refractivity contribution in [1.82, 2.24) is 20.2 Å². The number of amides is 1. The van der Waals surface area contributed by atoms with Gasteiger partial charge in [-0.1, -0.05) is 0 Å². The van der Waals surface area contributed by atoms with Gasteiger partial charge in [-0.15, -0.1) is 0 Å². The molecule has 4 rings (SSSR count). The first-order valence-electron chi connectivity index (χ1n) is 9.94. The molecule has 1 aliphatic heterocycles. The molecule has 6 nitrogen and oxygen atoms in total. The monoisotopic (exact) mass is 414 g/mol. The first kappa shape index (κ1) is 20.3. The Bertz CT molecular complexity index is 1070. The molecule has 0 bridgehead atoms. The molecule has 158 valence electrons. The van der Waals surface area contributed by atoms with Gasteiger partial charge < -0.3 is 15.0 Å². The molecule has 0 spiro atoms. The summed E-state index contributed by atoms with van der Waals surface area (Å²) in [6, 6.07) is 6.04. The summed E-state index contributed by atoms with van der Waals surface area (Å²) >= 11 is 0. The summed E-state index contributed by atoms with van der Waals surface area (Å²) in [6.07, 6.45) is 3.49. The number of nitrogens with one attached hydrogen (secondary N) is 2. The lowest BCUT2D eigenvalue weighted by Gasteiger charge is -2.30. The van der Waals surface area contributed by atoms with E-state index in [0.29, 0.717) is 23.7 Å². The van der Waals surface area contributed by atoms with Crippen molar-refractivity contribution in [3.8, 4) is 16.9 Å². The number of aromatic amines is 1. The second kappa shape index (κ2) is 8.39. The van der Waals surface area contributed by atoms with Crippen LogP contribution < -0.4 is 10.1 Å². The van der Waals surface area contributed by atoms with Gasteiger partial charge in [-0.25, -0.2) is 13.8 Å². The molecule has 0 radical (unpaired) electrons. The number of benzene rings is 1. The smallest absolute Gasteiger partial charge is 0.233 e. The summed E-state index contributed by atoms with van der Waals surface area (Å²) in [4.78, 5) is 21.5. The first-order valence-corrected chi connectivity index (χ1v) is 9.94. The third kappa shape index (κ3) is 3.87. The zero-order valence-electron chi connectivity index (χ0n) is 17.0. The van der Waals surface area contributed by atoms with Crippen LogP contribution in [0, 0.1) is 11.6 Å². The topological polar surface area (TPSA) is 70.2 Å². The molecular formula is C22H24F2N4O2. The number of halogens is 2. The van der Waals surface area contributed by atoms with Gasteiger partial charge in [-0.2, -0.15) is 0 Å². The number of nitrogens with zero attached hydrogens (tertiary/aromatic N) is 2. The molecule has 0 atom stereocenters. The van der Waals surface area contributed by atoms with E-state index in [4.69, 9.17) is 4.74 Å². The normalized spacial score (nSPS) is 15.5. The van der Waals surface area contributed by atoms with Crippen molar-refractivity contribution >= 4 is 16.9 Å². The fourth-order valence-corrected chi connectivity index (χ4v) is 4.09. The lowest BCUT2D eigenvalue weighted by molar-refractivity contribution is -0.122. The van der Waals surface area contributed by atoms with E-state index in [2.05, 4.69) is 20.2 Å². The van der Waals surface area contributed by atoms with Gasteiger partial charge in [-0.3, -0.25) is 9.69 Å². The molecule has 1 fully saturated rings. The largest absolute Gasteiger partial charge is 0.496 e. The standard InChI is InChI=1S/C22H24F2N4O2/c1-25-21(29)12-28-7-4-13(5-8-28)19-10-16-14(3-6-26-22(16)27-19)15-9-17(23)18(24)11-20(15)30-2/h3,6,9-11,13H,4-5,7-8,12H2,1-2H3,(H,25,29)(H,26,27). The van der Waals surface area contributed by atoms with Crippen LogP contribution >= 0.6 is 0 Å². The molecule has 3 aromatic rings. The highest BCUT2D eigenvalue weighted by atomic mass is 19.2. The van der Waals surface area contributed by atoms with Crippen LogP contribution in [0.4, 0.5) is 8.78 Å². The number of carbonyl (C=O) groups is 1. The number of likely N-dealkylation sites (N-methyl/N-ethyl adjacent to an activating group) is 1. The van der Waals surface area contributed by atoms with Crippen LogP contribution in [-0.4, -0.2) is 54.6 Å². The summed E-state index contributed by atoms with van der Waals surface area (Å²) in [5.41, 5.74) is 2.97. The van der Waals surface area contributed by atoms with E-state index in [1.54, 1.807) is 19.3 Å². The number of pyridine rings is 1. The van der Waals surface area contributed by atoms with Crippen molar-refractivity contribution in [3.63, 3.8) is 0 Å². The lowest BCUT2D eigenvalue weighted by atomic mass is 9.93. The molecule has 2 aromatic heterocycles. The van der Waals surface area contributed by atoms with E-state index in [1.165, 1.54) is 7.11 Å². The molecule has 0 saturated carbocycles. The quantitative estimate of drug-likeness (QED) is 0.671. The Labute approximate surface area is 173 Å². The summed E-state index contributed by atoms with van der Waals surface area (Å²) in [6.45, 7) is 2.09. The van der Waals surface area contributed by atoms with Gasteiger partial charge in [0, 0.05) is 41.9 Å². The fourth-order valence-electron chi connectivity index (χ4n) is 4.09. The van der Waals surface area contributed by atoms with Gasteiger partial charge in [0.15, 0.2) is 11.6 Å². The average Bonchev–Trinajstić information content (AvgIpc) is 3.20. The highest BCUT2D eigenvalue weighted by Crippen LogP contribution is 2.38. The van der Waals surface area contributed by atoms with E-state index in [-0.39, 0.29) is 11.7 Å². The Morgan fingerprint density at radius 2 is 1.97 bits per heavy atom. The second-order valence-corrected chi connectivity index (χ2v) is 7.54. The highest BCUT2D eigenvalue weighted by molar-refractivity contribution is 5.95. The van der Waals surface area contributed by atoms with Crippen molar-refractivity contribution in [2.75, 3.05) is 33.8 Å². The van der Waals surface area contributed by atoms with Crippen LogP contribution in [0.1, 0.15) is 24.5 Å². The van der Waals surface area contributed by atoms with E-state index < -0.39 is 11.6 Å². The van der Waals surface area contributed by atoms with Crippen molar-refractivity contribution < 1.29 is 18.3 Å². The Balaban J connectivity index is 1.63. The molecule has 1 amide bonds. The third-order valence-corrected chi connectivity index (χ3v) is 5.76. The van der Waals surface area contributed by atoms with Crippen molar-refractivity contribution in [2.45, 2.75) is 18.8 Å². The maximum absolute atomic E-state index is 13.9. The number of rotatable bonds is 5. The summed E-state index contributed by atoms with van der Waals surface area (Å²) in [5.74, 6) is -1.26. The van der Waals surface area contributed by atoms with E-state index >= 15 is 0 Å². The van der Waals surface area contributed by atoms with Crippen LogP contribution in [0.3, 0.4) is 0 Å². The van der Waals surface area contributed by atoms with Gasteiger partial charge in [0.25, 0.3) is 0 Å². The number of ether oxygens (including phenoxy) is 1. The number of hydrogen-bond donors (Lipinski definition) is 2. The Morgan fingerprint density at radius 3 is 2.67 bits per heavy atom. The molecule has 3 heterocycles. The number of fused-ring (bicyclic) bond motifs is 1. The van der Waals surface area contributed by atoms with Crippen LogP contribution in [0.15, 0.2) is 30.5 Å². The molecule has 1 aromatic carbocycles. The van der Waals surface area contributed by atoms with Gasteiger partial charge in [0.05, 0.1) is 13.7 Å². The predicted octanol–water partition coefficient (Wildman–Crippen LogP) is 3.44. The van der Waals surface area contributed by atoms with Gasteiger partial charge in [0.2, 0.25) is 5.91 Å². The number of aromatic nitrogens is 2. The molecular weight excluding hydrogens is 390 g/mol. The molecule has 0 unspecified atom stereocenters. The second-order valence-electron chi connectivity index (χ2n) is 7.54. The van der Waals surface area contributed by atoms with Crippen molar-refractivity contribution in [1.29, 1.82) is 0 Å². The molecule has 2 N–H and O–H groups in total. The van der Waals surface area contributed by atoms with E-state index in [1.807, 2.05) is 6.07 Å². The third-order valence-electron chi connectivity index (χ3n) is 5.76. The minimum atomic E-state index is -0.945. The van der Waals surface area contributed by atoms with E-state index in [0.717, 1.165) is 54.7 Å². The fraction of sp³-hybridized carbons (Fsp3) is 0.364. The zero-order valence-corrected chi connectivity index (χ0v) is 17.0. The number of methoxy groups -OCH3 is 1. The van der Waals surface area contributed by atoms with Crippen LogP contribution in [0.5, 0.6) is 5.75 Å². The highest BCUT2D eigenvalue weighted by Gasteiger charge is 2.24. The maximum Gasteiger partial charge on any atom is 0.233 e. The van der Waals surface area contributed by atoms with Crippen molar-refractivity contribution in [3.05, 3.63) is 47.8 Å². The minimum Gasteiger partial charge on any atom is -0.496 e. The Hall–Kier alpha value is -3.00. The minimum absolute atomic E-state index is 0.0216. The Morgan fingerprint density at radius 1 is 1.23 bits per heavy atom. The molecule has 8 heteroatoms.